The number of Topliss-reactive ketones (excluding diaryl/α,β-unsaturated/α-hetero) is 1. The molecule has 3 nitrogen and oxygen atoms in total. The highest BCUT2D eigenvalue weighted by molar-refractivity contribution is 5.83. The van der Waals surface area contributed by atoms with Gasteiger partial charge in [0.15, 0.2) is 0 Å². The molecule has 1 aliphatic carbocycles. The maximum Gasteiger partial charge on any atom is 0.149 e. The monoisotopic (exact) mass is 239 g/mol. The van der Waals surface area contributed by atoms with Crippen LogP contribution in [0, 0.1) is 5.92 Å². The molecule has 0 aromatic rings. The normalized spacial score (nSPS) is 28.9. The minimum Gasteiger partial charge on any atom is -0.377 e. The molecular formula is C14H25NO2. The first kappa shape index (κ1) is 13.0. The molecule has 3 heteroatoms. The molecule has 1 atom stereocenters. The molecule has 0 aromatic heterocycles. The molecule has 1 saturated carbocycles. The van der Waals surface area contributed by atoms with Crippen LogP contribution in [0.2, 0.25) is 0 Å². The Labute approximate surface area is 105 Å². The average Bonchev–Trinajstić information content (AvgIpc) is 2.55. The van der Waals surface area contributed by atoms with Gasteiger partial charge in [-0.3, -0.25) is 9.69 Å². The van der Waals surface area contributed by atoms with E-state index in [0.717, 1.165) is 39.0 Å². The van der Waals surface area contributed by atoms with Crippen LogP contribution in [0.1, 0.15) is 45.4 Å². The van der Waals surface area contributed by atoms with Crippen LogP contribution >= 0.6 is 0 Å². The van der Waals surface area contributed by atoms with Gasteiger partial charge < -0.3 is 4.74 Å². The van der Waals surface area contributed by atoms with Gasteiger partial charge in [-0.05, 0) is 26.2 Å². The number of carbonyl (C=O) groups is 1. The van der Waals surface area contributed by atoms with Gasteiger partial charge in [-0.25, -0.2) is 0 Å². The Bertz CT molecular complexity index is 249. The largest absolute Gasteiger partial charge is 0.377 e. The predicted octanol–water partition coefficient (Wildman–Crippen LogP) is 2.25. The van der Waals surface area contributed by atoms with Crippen LogP contribution in [0.5, 0.6) is 0 Å². The number of nitrogens with zero attached hydrogens (tertiary/aromatic N) is 1. The fourth-order valence-electron chi connectivity index (χ4n) is 3.00. The number of carbonyl (C=O) groups excluding carboxylic acids is 1. The molecule has 1 heterocycles. The van der Waals surface area contributed by atoms with Crippen LogP contribution < -0.4 is 0 Å². The molecule has 0 aromatic carbocycles. The molecule has 2 rings (SSSR count). The first-order valence-electron chi connectivity index (χ1n) is 7.12. The number of hydrogen-bond donors (Lipinski definition) is 0. The topological polar surface area (TPSA) is 29.5 Å². The standard InChI is InChI=1S/C14H25NO2/c1-12-10-15(8-5-9-17-12)11-14(16)13-6-3-2-4-7-13/h12-13H,2-11H2,1H3. The van der Waals surface area contributed by atoms with Gasteiger partial charge >= 0.3 is 0 Å². The summed E-state index contributed by atoms with van der Waals surface area (Å²) in [6.45, 7) is 5.53. The van der Waals surface area contributed by atoms with Gasteiger partial charge in [0, 0.05) is 25.6 Å². The Morgan fingerprint density at radius 2 is 2.00 bits per heavy atom. The van der Waals surface area contributed by atoms with Gasteiger partial charge in [-0.1, -0.05) is 19.3 Å². The third-order valence-corrected chi connectivity index (χ3v) is 3.98. The van der Waals surface area contributed by atoms with Crippen molar-refractivity contribution in [1.29, 1.82) is 0 Å². The highest BCUT2D eigenvalue weighted by Gasteiger charge is 2.24. The highest BCUT2D eigenvalue weighted by atomic mass is 16.5. The van der Waals surface area contributed by atoms with Crippen molar-refractivity contribution in [2.75, 3.05) is 26.2 Å². The van der Waals surface area contributed by atoms with E-state index in [4.69, 9.17) is 4.74 Å². The molecule has 0 amide bonds. The summed E-state index contributed by atoms with van der Waals surface area (Å²) in [4.78, 5) is 14.5. The second-order valence-electron chi connectivity index (χ2n) is 5.57. The first-order valence-corrected chi connectivity index (χ1v) is 7.12. The lowest BCUT2D eigenvalue weighted by atomic mass is 9.86. The zero-order valence-electron chi connectivity index (χ0n) is 11.0. The van der Waals surface area contributed by atoms with Gasteiger partial charge in [-0.2, -0.15) is 0 Å². The van der Waals surface area contributed by atoms with Crippen LogP contribution in [0.15, 0.2) is 0 Å². The molecular weight excluding hydrogens is 214 g/mol. The van der Waals surface area contributed by atoms with Crippen LogP contribution in [0.25, 0.3) is 0 Å². The number of rotatable bonds is 3. The molecule has 0 spiro atoms. The first-order chi connectivity index (χ1) is 8.25. The highest BCUT2D eigenvalue weighted by Crippen LogP contribution is 2.24. The van der Waals surface area contributed by atoms with Crippen LogP contribution in [-0.4, -0.2) is 43.0 Å². The van der Waals surface area contributed by atoms with Crippen molar-refractivity contribution in [3.8, 4) is 0 Å². The van der Waals surface area contributed by atoms with Crippen molar-refractivity contribution in [2.24, 2.45) is 5.92 Å². The van der Waals surface area contributed by atoms with Gasteiger partial charge in [0.25, 0.3) is 0 Å². The Hall–Kier alpha value is -0.410. The molecule has 0 radical (unpaired) electrons. The van der Waals surface area contributed by atoms with E-state index in [1.54, 1.807) is 0 Å². The van der Waals surface area contributed by atoms with E-state index in [-0.39, 0.29) is 6.10 Å². The van der Waals surface area contributed by atoms with Crippen molar-refractivity contribution in [1.82, 2.24) is 4.90 Å². The van der Waals surface area contributed by atoms with Gasteiger partial charge in [-0.15, -0.1) is 0 Å². The van der Waals surface area contributed by atoms with Crippen LogP contribution in [-0.2, 0) is 9.53 Å². The zero-order chi connectivity index (χ0) is 12.1. The van der Waals surface area contributed by atoms with Crippen molar-refractivity contribution in [3.05, 3.63) is 0 Å². The van der Waals surface area contributed by atoms with Gasteiger partial charge in [0.05, 0.1) is 12.6 Å². The smallest absolute Gasteiger partial charge is 0.149 e. The van der Waals surface area contributed by atoms with Crippen LogP contribution in [0.4, 0.5) is 0 Å². The SMILES string of the molecule is CC1CN(CC(=O)C2CCCCC2)CCCO1. The molecule has 1 unspecified atom stereocenters. The Morgan fingerprint density at radius 1 is 1.24 bits per heavy atom. The number of ketones is 1. The molecule has 0 bridgehead atoms. The summed E-state index contributed by atoms with van der Waals surface area (Å²) in [5.74, 6) is 0.821. The number of hydrogen-bond acceptors (Lipinski definition) is 3. The lowest BCUT2D eigenvalue weighted by molar-refractivity contribution is -0.125. The molecule has 2 fully saturated rings. The molecule has 17 heavy (non-hydrogen) atoms. The lowest BCUT2D eigenvalue weighted by Crippen LogP contribution is -2.37. The van der Waals surface area contributed by atoms with Crippen molar-refractivity contribution >= 4 is 5.78 Å². The minimum absolute atomic E-state index is 0.275. The lowest BCUT2D eigenvalue weighted by Gasteiger charge is -2.25. The quantitative estimate of drug-likeness (QED) is 0.756. The van der Waals surface area contributed by atoms with E-state index in [1.165, 1.54) is 19.3 Å². The fourth-order valence-corrected chi connectivity index (χ4v) is 3.00. The summed E-state index contributed by atoms with van der Waals surface area (Å²) in [6.07, 6.45) is 7.39. The molecule has 0 N–H and O–H groups in total. The second kappa shape index (κ2) is 6.50. The summed E-state index contributed by atoms with van der Waals surface area (Å²) >= 11 is 0. The van der Waals surface area contributed by atoms with Crippen LogP contribution in [0.3, 0.4) is 0 Å². The number of ether oxygens (including phenoxy) is 1. The average molecular weight is 239 g/mol. The maximum atomic E-state index is 12.2. The van der Waals surface area contributed by atoms with E-state index in [1.807, 2.05) is 0 Å². The third-order valence-electron chi connectivity index (χ3n) is 3.98. The fraction of sp³-hybridized carbons (Fsp3) is 0.929. The summed E-state index contributed by atoms with van der Waals surface area (Å²) in [5.41, 5.74) is 0. The van der Waals surface area contributed by atoms with Gasteiger partial charge in [0.1, 0.15) is 5.78 Å². The Morgan fingerprint density at radius 3 is 2.76 bits per heavy atom. The Kier molecular flexibility index (Phi) is 4.99. The van der Waals surface area contributed by atoms with E-state index in [9.17, 15) is 4.79 Å². The summed E-state index contributed by atoms with van der Waals surface area (Å²) in [7, 11) is 0. The molecule has 1 saturated heterocycles. The van der Waals surface area contributed by atoms with E-state index in [2.05, 4.69) is 11.8 Å². The van der Waals surface area contributed by atoms with E-state index in [0.29, 0.717) is 18.2 Å². The summed E-state index contributed by atoms with van der Waals surface area (Å²) < 4.78 is 5.61. The molecule has 98 valence electrons. The van der Waals surface area contributed by atoms with Crippen molar-refractivity contribution in [2.45, 2.75) is 51.6 Å². The Balaban J connectivity index is 1.79. The predicted molar refractivity (Wildman–Crippen MR) is 68.1 cm³/mol. The van der Waals surface area contributed by atoms with E-state index < -0.39 is 0 Å². The van der Waals surface area contributed by atoms with E-state index >= 15 is 0 Å². The third kappa shape index (κ3) is 4.07. The minimum atomic E-state index is 0.275. The maximum absolute atomic E-state index is 12.2. The summed E-state index contributed by atoms with van der Waals surface area (Å²) in [5, 5.41) is 0. The zero-order valence-corrected chi connectivity index (χ0v) is 11.0. The second-order valence-corrected chi connectivity index (χ2v) is 5.57. The van der Waals surface area contributed by atoms with Crippen molar-refractivity contribution < 1.29 is 9.53 Å². The van der Waals surface area contributed by atoms with Crippen molar-refractivity contribution in [3.63, 3.8) is 0 Å². The molecule has 2 aliphatic rings. The summed E-state index contributed by atoms with van der Waals surface area (Å²) in [6, 6.07) is 0. The molecule has 1 aliphatic heterocycles. The van der Waals surface area contributed by atoms with Gasteiger partial charge in [0.2, 0.25) is 0 Å².